The van der Waals surface area contributed by atoms with Crippen LogP contribution >= 0.6 is 0 Å². The number of hydrogen-bond donors (Lipinski definition) is 1. The molecule has 2 heterocycles. The van der Waals surface area contributed by atoms with Crippen LogP contribution in [0.25, 0.3) is 0 Å². The predicted octanol–water partition coefficient (Wildman–Crippen LogP) is 3.00. The summed E-state index contributed by atoms with van der Waals surface area (Å²) in [6.45, 7) is 7.03. The fraction of sp³-hybridized carbons (Fsp3) is 0.429. The third-order valence-electron chi connectivity index (χ3n) is 4.65. The summed E-state index contributed by atoms with van der Waals surface area (Å²) in [5.41, 5.74) is -1.61. The Morgan fingerprint density at radius 1 is 1.24 bits per heavy atom. The minimum atomic E-state index is -1.18. The number of nitrogens with zero attached hydrogens (tertiary/aromatic N) is 2. The Labute approximate surface area is 168 Å². The highest BCUT2D eigenvalue weighted by molar-refractivity contribution is 5.84. The van der Waals surface area contributed by atoms with Gasteiger partial charge in [-0.3, -0.25) is 14.7 Å². The number of carbonyl (C=O) groups is 2. The number of rotatable bonds is 4. The van der Waals surface area contributed by atoms with Crippen molar-refractivity contribution in [2.24, 2.45) is 0 Å². The first-order chi connectivity index (χ1) is 13.6. The quantitative estimate of drug-likeness (QED) is 0.794. The van der Waals surface area contributed by atoms with Crippen molar-refractivity contribution in [1.82, 2.24) is 9.55 Å². The zero-order chi connectivity index (χ0) is 21.2. The topological polar surface area (TPSA) is 99.5 Å². The van der Waals surface area contributed by atoms with Crippen LogP contribution in [0, 0.1) is 0 Å². The number of fused-ring (bicyclic) bond motifs is 1. The molecule has 0 bridgehead atoms. The van der Waals surface area contributed by atoms with Gasteiger partial charge in [-0.25, -0.2) is 14.6 Å². The molecular formula is C21H25N3O5. The van der Waals surface area contributed by atoms with Crippen molar-refractivity contribution in [2.75, 3.05) is 5.32 Å². The van der Waals surface area contributed by atoms with Gasteiger partial charge in [-0.05, 0) is 39.7 Å². The first-order valence-electron chi connectivity index (χ1n) is 9.43. The van der Waals surface area contributed by atoms with Gasteiger partial charge in [0.05, 0.1) is 6.20 Å². The molecule has 0 spiro atoms. The minimum absolute atomic E-state index is 0.0523. The average molecular weight is 399 g/mol. The predicted molar refractivity (Wildman–Crippen MR) is 107 cm³/mol. The van der Waals surface area contributed by atoms with E-state index in [2.05, 4.69) is 10.3 Å². The van der Waals surface area contributed by atoms with Crippen LogP contribution < -0.4 is 10.9 Å². The number of nitrogens with one attached hydrogen (secondary N) is 1. The first kappa shape index (κ1) is 20.6. The Kier molecular flexibility index (Phi) is 5.46. The number of aryl methyl sites for hydroxylation is 1. The van der Waals surface area contributed by atoms with Crippen LogP contribution in [0.2, 0.25) is 0 Å². The Balaban J connectivity index is 1.79. The third-order valence-corrected chi connectivity index (χ3v) is 4.65. The summed E-state index contributed by atoms with van der Waals surface area (Å²) >= 11 is 0. The van der Waals surface area contributed by atoms with Crippen LogP contribution in [0.3, 0.4) is 0 Å². The number of anilines is 1. The van der Waals surface area contributed by atoms with Gasteiger partial charge >= 0.3 is 12.1 Å². The summed E-state index contributed by atoms with van der Waals surface area (Å²) in [5, 5.41) is 2.43. The number of benzene rings is 1. The lowest BCUT2D eigenvalue weighted by molar-refractivity contribution is -0.165. The van der Waals surface area contributed by atoms with Gasteiger partial charge in [0, 0.05) is 6.42 Å². The maximum absolute atomic E-state index is 13.0. The minimum Gasteiger partial charge on any atom is -0.458 e. The summed E-state index contributed by atoms with van der Waals surface area (Å²) in [4.78, 5) is 42.1. The molecule has 2 aromatic rings. The molecular weight excluding hydrogens is 374 g/mol. The van der Waals surface area contributed by atoms with Gasteiger partial charge in [0.25, 0.3) is 5.56 Å². The van der Waals surface area contributed by atoms with E-state index in [1.54, 1.807) is 27.7 Å². The maximum Gasteiger partial charge on any atom is 0.412 e. The number of aromatic nitrogens is 2. The van der Waals surface area contributed by atoms with E-state index in [-0.39, 0.29) is 12.3 Å². The van der Waals surface area contributed by atoms with E-state index in [0.717, 1.165) is 5.56 Å². The van der Waals surface area contributed by atoms with Gasteiger partial charge in [0.15, 0.2) is 0 Å². The number of carbonyl (C=O) groups excluding carboxylic acids is 2. The van der Waals surface area contributed by atoms with Crippen molar-refractivity contribution >= 4 is 17.7 Å². The molecule has 1 unspecified atom stereocenters. The lowest BCUT2D eigenvalue weighted by Gasteiger charge is -2.29. The molecule has 1 aliphatic heterocycles. The van der Waals surface area contributed by atoms with E-state index in [0.29, 0.717) is 18.7 Å². The maximum atomic E-state index is 13.0. The van der Waals surface area contributed by atoms with Crippen molar-refractivity contribution in [3.8, 4) is 0 Å². The summed E-state index contributed by atoms with van der Waals surface area (Å²) < 4.78 is 12.0. The summed E-state index contributed by atoms with van der Waals surface area (Å²) in [5.74, 6) is -0.0250. The SMILES string of the molecule is CC(C)(C)OC(=O)C1(C)CCc2ncc(NC(=O)OCc3ccccc3)c(=O)n21. The molecule has 8 nitrogen and oxygen atoms in total. The second kappa shape index (κ2) is 7.69. The van der Waals surface area contributed by atoms with E-state index < -0.39 is 28.8 Å². The van der Waals surface area contributed by atoms with Crippen molar-refractivity contribution in [2.45, 2.75) is 58.3 Å². The molecule has 1 aliphatic rings. The van der Waals surface area contributed by atoms with E-state index in [1.165, 1.54) is 10.8 Å². The van der Waals surface area contributed by atoms with Crippen LogP contribution in [-0.4, -0.2) is 27.2 Å². The molecule has 0 saturated heterocycles. The first-order valence-corrected chi connectivity index (χ1v) is 9.43. The lowest BCUT2D eigenvalue weighted by atomic mass is 9.99. The van der Waals surface area contributed by atoms with Crippen molar-refractivity contribution < 1.29 is 19.1 Å². The normalized spacial score (nSPS) is 18.1. The highest BCUT2D eigenvalue weighted by atomic mass is 16.6. The fourth-order valence-electron chi connectivity index (χ4n) is 3.18. The molecule has 0 aliphatic carbocycles. The van der Waals surface area contributed by atoms with Gasteiger partial charge in [-0.1, -0.05) is 30.3 Å². The molecule has 1 aromatic heterocycles. The van der Waals surface area contributed by atoms with Crippen molar-refractivity contribution in [3.05, 3.63) is 58.3 Å². The van der Waals surface area contributed by atoms with Crippen LogP contribution in [0.4, 0.5) is 10.5 Å². The number of esters is 1. The van der Waals surface area contributed by atoms with E-state index in [4.69, 9.17) is 9.47 Å². The van der Waals surface area contributed by atoms with Crippen LogP contribution in [0.1, 0.15) is 45.5 Å². The largest absolute Gasteiger partial charge is 0.458 e. The zero-order valence-electron chi connectivity index (χ0n) is 17.0. The molecule has 3 rings (SSSR count). The Hall–Kier alpha value is -3.16. The molecule has 0 fully saturated rings. The van der Waals surface area contributed by atoms with Gasteiger partial charge in [-0.2, -0.15) is 0 Å². The van der Waals surface area contributed by atoms with Crippen molar-refractivity contribution in [1.29, 1.82) is 0 Å². The second-order valence-corrected chi connectivity index (χ2v) is 8.19. The number of amides is 1. The molecule has 0 saturated carbocycles. The smallest absolute Gasteiger partial charge is 0.412 e. The monoisotopic (exact) mass is 399 g/mol. The third kappa shape index (κ3) is 4.47. The highest BCUT2D eigenvalue weighted by Crippen LogP contribution is 2.32. The average Bonchev–Trinajstić information content (AvgIpc) is 3.01. The Morgan fingerprint density at radius 2 is 1.93 bits per heavy atom. The molecule has 1 aromatic carbocycles. The number of ether oxygens (including phenoxy) is 2. The van der Waals surface area contributed by atoms with Gasteiger partial charge in [0.2, 0.25) is 0 Å². The van der Waals surface area contributed by atoms with E-state index in [9.17, 15) is 14.4 Å². The summed E-state index contributed by atoms with van der Waals surface area (Å²) in [6, 6.07) is 9.19. The zero-order valence-corrected chi connectivity index (χ0v) is 17.0. The molecule has 0 radical (unpaired) electrons. The standard InChI is InChI=1S/C21H25N3O5/c1-20(2,3)29-18(26)21(4)11-10-16-22-12-15(17(25)24(16)21)23-19(27)28-13-14-8-6-5-7-9-14/h5-9,12H,10-11,13H2,1-4H3,(H,23,27). The Bertz CT molecular complexity index is 978. The van der Waals surface area contributed by atoms with Crippen LogP contribution in [0.15, 0.2) is 41.3 Å². The molecule has 1 N–H and O–H groups in total. The summed E-state index contributed by atoms with van der Waals surface area (Å²) in [7, 11) is 0. The van der Waals surface area contributed by atoms with Crippen LogP contribution in [0.5, 0.6) is 0 Å². The van der Waals surface area contributed by atoms with Crippen molar-refractivity contribution in [3.63, 3.8) is 0 Å². The number of hydrogen-bond acceptors (Lipinski definition) is 6. The molecule has 154 valence electrons. The van der Waals surface area contributed by atoms with Gasteiger partial charge in [0.1, 0.15) is 29.3 Å². The van der Waals surface area contributed by atoms with E-state index in [1.807, 2.05) is 30.3 Å². The summed E-state index contributed by atoms with van der Waals surface area (Å²) in [6.07, 6.45) is 1.37. The van der Waals surface area contributed by atoms with E-state index >= 15 is 0 Å². The van der Waals surface area contributed by atoms with Gasteiger partial charge < -0.3 is 9.47 Å². The highest BCUT2D eigenvalue weighted by Gasteiger charge is 2.45. The molecule has 29 heavy (non-hydrogen) atoms. The fourth-order valence-corrected chi connectivity index (χ4v) is 3.18. The Morgan fingerprint density at radius 3 is 2.59 bits per heavy atom. The molecule has 1 amide bonds. The second-order valence-electron chi connectivity index (χ2n) is 8.19. The van der Waals surface area contributed by atoms with Crippen LogP contribution in [-0.2, 0) is 32.8 Å². The molecule has 1 atom stereocenters. The van der Waals surface area contributed by atoms with Gasteiger partial charge in [-0.15, -0.1) is 0 Å². The lowest BCUT2D eigenvalue weighted by Crippen LogP contribution is -2.46. The molecule has 8 heteroatoms.